The molecule has 0 saturated carbocycles. The number of hydrogen-bond acceptors (Lipinski definition) is 8. The van der Waals surface area contributed by atoms with Crippen LogP contribution in [0.3, 0.4) is 0 Å². The minimum absolute atomic E-state index is 0.122. The van der Waals surface area contributed by atoms with E-state index in [0.717, 1.165) is 8.95 Å². The first-order valence-corrected chi connectivity index (χ1v) is 14.7. The summed E-state index contributed by atoms with van der Waals surface area (Å²) in [5, 5.41) is 0. The van der Waals surface area contributed by atoms with Crippen molar-refractivity contribution in [3.63, 3.8) is 0 Å². The van der Waals surface area contributed by atoms with Crippen LogP contribution in [0.4, 0.5) is 0 Å². The Labute approximate surface area is 261 Å². The highest BCUT2D eigenvalue weighted by Crippen LogP contribution is 2.41. The van der Waals surface area contributed by atoms with Crippen molar-refractivity contribution in [2.45, 2.75) is 0 Å². The van der Waals surface area contributed by atoms with Crippen LogP contribution in [0.15, 0.2) is 75.4 Å². The Balaban J connectivity index is 1.78. The molecule has 3 aromatic carbocycles. The second-order valence-corrected chi connectivity index (χ2v) is 12.1. The summed E-state index contributed by atoms with van der Waals surface area (Å²) in [6.45, 7) is 0. The van der Waals surface area contributed by atoms with Gasteiger partial charge in [0.1, 0.15) is 11.3 Å². The van der Waals surface area contributed by atoms with Crippen LogP contribution in [-0.4, -0.2) is 28.0 Å². The van der Waals surface area contributed by atoms with Gasteiger partial charge in [-0.05, 0) is 100 Å². The summed E-state index contributed by atoms with van der Waals surface area (Å²) in [5.74, 6) is 0.414. The van der Waals surface area contributed by atoms with Gasteiger partial charge in [0.05, 0.1) is 25.0 Å². The molecule has 0 aliphatic heterocycles. The van der Waals surface area contributed by atoms with Crippen molar-refractivity contribution in [2.75, 3.05) is 7.11 Å². The summed E-state index contributed by atoms with van der Waals surface area (Å²) in [6, 6.07) is 13.3. The van der Waals surface area contributed by atoms with Crippen molar-refractivity contribution in [3.05, 3.63) is 80.9 Å². The summed E-state index contributed by atoms with van der Waals surface area (Å²) in [7, 11) is 1.28. The van der Waals surface area contributed by atoms with Gasteiger partial charge in [0, 0.05) is 8.95 Å². The standard InChI is InChI=1S/C23H11Br6N3O5/c1-34-20(33)12-4-2-3-5-17(12)35-21-30-22(36-18-13(26)6-10(24)7-14(18)27)32-23(31-21)37-19-15(28)8-11(25)9-16(19)29/h2-9H,1H3. The molecule has 0 spiro atoms. The van der Waals surface area contributed by atoms with E-state index in [1.54, 1.807) is 48.5 Å². The zero-order valence-electron chi connectivity index (χ0n) is 18.3. The Kier molecular flexibility index (Phi) is 9.62. The van der Waals surface area contributed by atoms with E-state index in [4.69, 9.17) is 18.9 Å². The van der Waals surface area contributed by atoms with Crippen molar-refractivity contribution in [3.8, 4) is 35.3 Å². The van der Waals surface area contributed by atoms with Crippen LogP contribution >= 0.6 is 95.6 Å². The summed E-state index contributed by atoms with van der Waals surface area (Å²) in [4.78, 5) is 25.1. The summed E-state index contributed by atoms with van der Waals surface area (Å²) in [6.07, 6.45) is 0. The van der Waals surface area contributed by atoms with Crippen LogP contribution in [0.1, 0.15) is 10.4 Å². The van der Waals surface area contributed by atoms with E-state index in [1.807, 2.05) is 0 Å². The SMILES string of the molecule is COC(=O)c1ccccc1Oc1nc(Oc2c(Br)cc(Br)cc2Br)nc(Oc2c(Br)cc(Br)cc2Br)n1. The molecule has 0 N–H and O–H groups in total. The predicted octanol–water partition coefficient (Wildman–Crippen LogP) is 9.61. The van der Waals surface area contributed by atoms with Gasteiger partial charge in [-0.2, -0.15) is 0 Å². The Hall–Kier alpha value is -1.58. The number of carbonyl (C=O) groups excluding carboxylic acids is 1. The maximum absolute atomic E-state index is 12.2. The molecule has 0 bridgehead atoms. The Morgan fingerprint density at radius 1 is 0.649 bits per heavy atom. The van der Waals surface area contributed by atoms with Crippen molar-refractivity contribution in [1.29, 1.82) is 0 Å². The molecule has 190 valence electrons. The summed E-state index contributed by atoms with van der Waals surface area (Å²) in [5.41, 5.74) is 0.187. The molecule has 0 unspecified atom stereocenters. The van der Waals surface area contributed by atoms with Gasteiger partial charge in [-0.15, -0.1) is 15.0 Å². The lowest BCUT2D eigenvalue weighted by atomic mass is 10.2. The molecule has 0 fully saturated rings. The fourth-order valence-corrected chi connectivity index (χ4v) is 7.67. The van der Waals surface area contributed by atoms with Crippen LogP contribution < -0.4 is 14.2 Å². The predicted molar refractivity (Wildman–Crippen MR) is 157 cm³/mol. The van der Waals surface area contributed by atoms with Crippen molar-refractivity contribution in [2.24, 2.45) is 0 Å². The topological polar surface area (TPSA) is 92.7 Å². The van der Waals surface area contributed by atoms with Gasteiger partial charge in [-0.1, -0.05) is 44.0 Å². The molecular weight excluding hydrogens is 878 g/mol. The second-order valence-electron chi connectivity index (χ2n) is 6.87. The molecule has 0 radical (unpaired) electrons. The number of aromatic nitrogens is 3. The number of esters is 1. The zero-order chi connectivity index (χ0) is 26.7. The zero-order valence-corrected chi connectivity index (χ0v) is 27.8. The molecule has 4 aromatic rings. The van der Waals surface area contributed by atoms with Crippen LogP contribution in [0.25, 0.3) is 0 Å². The van der Waals surface area contributed by atoms with Crippen molar-refractivity contribution in [1.82, 2.24) is 15.0 Å². The number of ether oxygens (including phenoxy) is 4. The molecule has 0 aliphatic carbocycles. The molecule has 1 aromatic heterocycles. The molecule has 0 aliphatic rings. The third-order valence-corrected chi connectivity index (χ3v) is 7.65. The molecule has 8 nitrogen and oxygen atoms in total. The van der Waals surface area contributed by atoms with E-state index >= 15 is 0 Å². The fourth-order valence-electron chi connectivity index (χ4n) is 2.83. The lowest BCUT2D eigenvalue weighted by molar-refractivity contribution is 0.0597. The van der Waals surface area contributed by atoms with Crippen molar-refractivity contribution >= 4 is 102 Å². The average Bonchev–Trinajstić information content (AvgIpc) is 2.83. The maximum Gasteiger partial charge on any atom is 0.341 e. The minimum Gasteiger partial charge on any atom is -0.465 e. The van der Waals surface area contributed by atoms with Gasteiger partial charge in [-0.3, -0.25) is 0 Å². The van der Waals surface area contributed by atoms with E-state index in [0.29, 0.717) is 29.4 Å². The van der Waals surface area contributed by atoms with Crippen LogP contribution in [0, 0.1) is 0 Å². The molecule has 14 heteroatoms. The summed E-state index contributed by atoms with van der Waals surface area (Å²) >= 11 is 20.7. The number of halogens is 6. The van der Waals surface area contributed by atoms with Crippen LogP contribution in [-0.2, 0) is 4.74 Å². The minimum atomic E-state index is -0.581. The molecule has 37 heavy (non-hydrogen) atoms. The number of benzene rings is 3. The van der Waals surface area contributed by atoms with E-state index < -0.39 is 5.97 Å². The highest BCUT2D eigenvalue weighted by Gasteiger charge is 2.20. The number of rotatable bonds is 7. The lowest BCUT2D eigenvalue weighted by Gasteiger charge is -2.13. The second kappa shape index (κ2) is 12.5. The average molecular weight is 889 g/mol. The van der Waals surface area contributed by atoms with Crippen molar-refractivity contribution < 1.29 is 23.7 Å². The normalized spacial score (nSPS) is 10.7. The molecule has 0 amide bonds. The van der Waals surface area contributed by atoms with Crippen LogP contribution in [0.5, 0.6) is 35.3 Å². The molecule has 4 rings (SSSR count). The Morgan fingerprint density at radius 3 is 1.49 bits per heavy atom. The third-order valence-electron chi connectivity index (χ3n) is 4.38. The molecule has 0 atom stereocenters. The maximum atomic E-state index is 12.2. The van der Waals surface area contributed by atoms with Crippen LogP contribution in [0.2, 0.25) is 0 Å². The van der Waals surface area contributed by atoms with E-state index in [9.17, 15) is 4.79 Å². The van der Waals surface area contributed by atoms with Gasteiger partial charge in [0.2, 0.25) is 0 Å². The number of para-hydroxylation sites is 1. The van der Waals surface area contributed by atoms with Gasteiger partial charge >= 0.3 is 24.0 Å². The number of methoxy groups -OCH3 is 1. The largest absolute Gasteiger partial charge is 0.465 e. The van der Waals surface area contributed by atoms with E-state index in [2.05, 4.69) is 111 Å². The first kappa shape index (κ1) is 28.4. The summed E-state index contributed by atoms with van der Waals surface area (Å²) < 4.78 is 26.8. The van der Waals surface area contributed by atoms with Gasteiger partial charge in [0.15, 0.2) is 11.5 Å². The van der Waals surface area contributed by atoms with E-state index in [1.165, 1.54) is 7.11 Å². The Bertz CT molecular complexity index is 1380. The van der Waals surface area contributed by atoms with Gasteiger partial charge < -0.3 is 18.9 Å². The molecular formula is C23H11Br6N3O5. The third kappa shape index (κ3) is 7.09. The number of hydrogen-bond donors (Lipinski definition) is 0. The first-order chi connectivity index (χ1) is 17.6. The van der Waals surface area contributed by atoms with Gasteiger partial charge in [0.25, 0.3) is 0 Å². The highest BCUT2D eigenvalue weighted by molar-refractivity contribution is 9.12. The molecule has 1 heterocycles. The quantitative estimate of drug-likeness (QED) is 0.170. The fraction of sp³-hybridized carbons (Fsp3) is 0.0435. The van der Waals surface area contributed by atoms with E-state index in [-0.39, 0.29) is 29.3 Å². The molecule has 0 saturated heterocycles. The smallest absolute Gasteiger partial charge is 0.341 e. The van der Waals surface area contributed by atoms with Gasteiger partial charge in [-0.25, -0.2) is 4.79 Å². The monoisotopic (exact) mass is 883 g/mol. The Morgan fingerprint density at radius 2 is 1.05 bits per heavy atom. The highest BCUT2D eigenvalue weighted by atomic mass is 79.9. The number of carbonyl (C=O) groups is 1. The lowest BCUT2D eigenvalue weighted by Crippen LogP contribution is -2.06. The number of nitrogens with zero attached hydrogens (tertiary/aromatic N) is 3. The first-order valence-electron chi connectivity index (χ1n) is 9.90.